The maximum atomic E-state index is 12.1. The van der Waals surface area contributed by atoms with E-state index in [1.165, 1.54) is 32.4 Å². The first-order chi connectivity index (χ1) is 11.4. The van der Waals surface area contributed by atoms with Crippen LogP contribution in [0.3, 0.4) is 0 Å². The lowest BCUT2D eigenvalue weighted by Gasteiger charge is -2.07. The van der Waals surface area contributed by atoms with Crippen LogP contribution in [0.25, 0.3) is 0 Å². The number of carbonyl (C=O) groups excluding carboxylic acids is 1. The summed E-state index contributed by atoms with van der Waals surface area (Å²) in [7, 11) is 2.95. The van der Waals surface area contributed by atoms with Crippen LogP contribution in [0.2, 0.25) is 10.0 Å². The van der Waals surface area contributed by atoms with E-state index in [0.717, 1.165) is 0 Å². The van der Waals surface area contributed by atoms with Crippen molar-refractivity contribution in [3.05, 3.63) is 57.6 Å². The van der Waals surface area contributed by atoms with Crippen molar-refractivity contribution in [3.63, 3.8) is 0 Å². The first-order valence-electron chi connectivity index (χ1n) is 6.68. The van der Waals surface area contributed by atoms with Crippen LogP contribution in [0.1, 0.15) is 15.9 Å². The van der Waals surface area contributed by atoms with Crippen LogP contribution >= 0.6 is 23.2 Å². The van der Waals surface area contributed by atoms with Crippen LogP contribution in [-0.4, -0.2) is 26.0 Å². The summed E-state index contributed by atoms with van der Waals surface area (Å²) in [5, 5.41) is 4.36. The maximum absolute atomic E-state index is 12.1. The highest BCUT2D eigenvalue weighted by molar-refractivity contribution is 6.36. The second kappa shape index (κ2) is 7.90. The summed E-state index contributed by atoms with van der Waals surface area (Å²) in [5.41, 5.74) is 6.38. The first kappa shape index (κ1) is 17.9. The average Bonchev–Trinajstić information content (AvgIpc) is 2.58. The van der Waals surface area contributed by atoms with Crippen molar-refractivity contribution in [2.24, 2.45) is 10.9 Å². The zero-order valence-corrected chi connectivity index (χ0v) is 14.4. The van der Waals surface area contributed by atoms with Gasteiger partial charge in [0, 0.05) is 16.7 Å². The van der Waals surface area contributed by atoms with Gasteiger partial charge in [0.1, 0.15) is 11.5 Å². The highest BCUT2D eigenvalue weighted by Crippen LogP contribution is 2.23. The molecule has 0 heterocycles. The summed E-state index contributed by atoms with van der Waals surface area (Å²) >= 11 is 11.8. The standard InChI is InChI=1S/C16H14Cl2N2O4/c1-22-11-5-9(6-12(8-11)23-2)16(21)24-20-15(19)13-4-3-10(17)7-14(13)18/h3-8H,1-2H3,(H2,19,20). The number of rotatable bonds is 5. The van der Waals surface area contributed by atoms with Gasteiger partial charge >= 0.3 is 5.97 Å². The van der Waals surface area contributed by atoms with E-state index in [9.17, 15) is 4.79 Å². The summed E-state index contributed by atoms with van der Waals surface area (Å²) in [6.45, 7) is 0. The van der Waals surface area contributed by atoms with Gasteiger partial charge in [0.25, 0.3) is 0 Å². The van der Waals surface area contributed by atoms with E-state index in [-0.39, 0.29) is 11.4 Å². The molecule has 2 N–H and O–H groups in total. The molecule has 126 valence electrons. The Hall–Kier alpha value is -2.44. The molecular weight excluding hydrogens is 355 g/mol. The van der Waals surface area contributed by atoms with Gasteiger partial charge in [-0.05, 0) is 30.3 Å². The summed E-state index contributed by atoms with van der Waals surface area (Å²) < 4.78 is 10.2. The van der Waals surface area contributed by atoms with Gasteiger partial charge in [-0.1, -0.05) is 28.4 Å². The minimum absolute atomic E-state index is 0.0557. The molecule has 0 spiro atoms. The highest BCUT2D eigenvalue weighted by atomic mass is 35.5. The summed E-state index contributed by atoms with van der Waals surface area (Å²) in [4.78, 5) is 17.0. The van der Waals surface area contributed by atoms with Crippen molar-refractivity contribution in [1.82, 2.24) is 0 Å². The molecular formula is C16H14Cl2N2O4. The van der Waals surface area contributed by atoms with Crippen LogP contribution in [0.4, 0.5) is 0 Å². The predicted octanol–water partition coefficient (Wildman–Crippen LogP) is 3.49. The molecule has 24 heavy (non-hydrogen) atoms. The summed E-state index contributed by atoms with van der Waals surface area (Å²) in [6.07, 6.45) is 0. The van der Waals surface area contributed by atoms with Crippen molar-refractivity contribution in [1.29, 1.82) is 0 Å². The molecule has 0 aromatic heterocycles. The monoisotopic (exact) mass is 368 g/mol. The first-order valence-corrected chi connectivity index (χ1v) is 7.43. The number of methoxy groups -OCH3 is 2. The maximum Gasteiger partial charge on any atom is 0.366 e. The van der Waals surface area contributed by atoms with Gasteiger partial charge < -0.3 is 20.0 Å². The number of halogens is 2. The normalized spacial score (nSPS) is 11.1. The third kappa shape index (κ3) is 4.31. The van der Waals surface area contributed by atoms with E-state index >= 15 is 0 Å². The number of ether oxygens (including phenoxy) is 2. The number of carbonyl (C=O) groups is 1. The highest BCUT2D eigenvalue weighted by Gasteiger charge is 2.13. The van der Waals surface area contributed by atoms with Crippen molar-refractivity contribution in [3.8, 4) is 11.5 Å². The number of hydrogen-bond donors (Lipinski definition) is 1. The zero-order valence-electron chi connectivity index (χ0n) is 12.9. The van der Waals surface area contributed by atoms with Gasteiger partial charge in [-0.15, -0.1) is 0 Å². The Labute approximate surface area is 148 Å². The van der Waals surface area contributed by atoms with Gasteiger partial charge in [-0.2, -0.15) is 0 Å². The molecule has 0 saturated heterocycles. The van der Waals surface area contributed by atoms with Crippen molar-refractivity contribution >= 4 is 35.0 Å². The lowest BCUT2D eigenvalue weighted by molar-refractivity contribution is 0.0515. The Morgan fingerprint density at radius 3 is 2.21 bits per heavy atom. The van der Waals surface area contributed by atoms with Crippen LogP contribution in [0.5, 0.6) is 11.5 Å². The van der Waals surface area contributed by atoms with E-state index < -0.39 is 5.97 Å². The molecule has 6 nitrogen and oxygen atoms in total. The third-order valence-corrected chi connectivity index (χ3v) is 3.57. The van der Waals surface area contributed by atoms with Crippen molar-refractivity contribution in [2.75, 3.05) is 14.2 Å². The minimum Gasteiger partial charge on any atom is -0.497 e. The fourth-order valence-corrected chi connectivity index (χ4v) is 2.32. The van der Waals surface area contributed by atoms with Gasteiger partial charge in [0.15, 0.2) is 5.84 Å². The Kier molecular flexibility index (Phi) is 5.89. The van der Waals surface area contributed by atoms with E-state index in [1.54, 1.807) is 18.2 Å². The molecule has 0 unspecified atom stereocenters. The molecule has 2 rings (SSSR count). The second-order valence-electron chi connectivity index (χ2n) is 4.58. The van der Waals surface area contributed by atoms with Gasteiger partial charge in [0.05, 0.1) is 24.8 Å². The lowest BCUT2D eigenvalue weighted by Crippen LogP contribution is -2.16. The SMILES string of the molecule is COc1cc(OC)cc(C(=O)O/N=C(\N)c2ccc(Cl)cc2Cl)c1. The number of oxime groups is 1. The molecule has 0 aliphatic heterocycles. The Bertz CT molecular complexity index is 771. The molecule has 0 fully saturated rings. The Morgan fingerprint density at radius 1 is 1.04 bits per heavy atom. The second-order valence-corrected chi connectivity index (χ2v) is 5.42. The summed E-state index contributed by atoms with van der Waals surface area (Å²) in [6, 6.07) is 9.29. The fraction of sp³-hybridized carbons (Fsp3) is 0.125. The predicted molar refractivity (Wildman–Crippen MR) is 92.1 cm³/mol. The Morgan fingerprint density at radius 2 is 1.67 bits per heavy atom. The molecule has 0 bridgehead atoms. The molecule has 0 radical (unpaired) electrons. The average molecular weight is 369 g/mol. The molecule has 0 saturated carbocycles. The number of hydrogen-bond acceptors (Lipinski definition) is 5. The molecule has 2 aromatic carbocycles. The van der Waals surface area contributed by atoms with Crippen LogP contribution in [0, 0.1) is 0 Å². The lowest BCUT2D eigenvalue weighted by atomic mass is 10.2. The van der Waals surface area contributed by atoms with E-state index in [0.29, 0.717) is 27.1 Å². The van der Waals surface area contributed by atoms with Crippen LogP contribution in [-0.2, 0) is 4.84 Å². The molecule has 8 heteroatoms. The summed E-state index contributed by atoms with van der Waals surface area (Å²) in [5.74, 6) is 0.109. The number of benzene rings is 2. The van der Waals surface area contributed by atoms with Crippen molar-refractivity contribution < 1.29 is 19.1 Å². The quantitative estimate of drug-likeness (QED) is 0.378. The molecule has 0 amide bonds. The number of nitrogens with two attached hydrogens (primary N) is 1. The fourth-order valence-electron chi connectivity index (χ4n) is 1.82. The van der Waals surface area contributed by atoms with Crippen LogP contribution in [0.15, 0.2) is 41.6 Å². The van der Waals surface area contributed by atoms with Gasteiger partial charge in [-0.25, -0.2) is 4.79 Å². The van der Waals surface area contributed by atoms with Crippen LogP contribution < -0.4 is 15.2 Å². The number of amidine groups is 1. The zero-order chi connectivity index (χ0) is 17.7. The Balaban J connectivity index is 2.20. The molecule has 0 atom stereocenters. The minimum atomic E-state index is -0.722. The topological polar surface area (TPSA) is 83.1 Å². The molecule has 0 aliphatic rings. The van der Waals surface area contributed by atoms with Gasteiger partial charge in [-0.3, -0.25) is 0 Å². The number of nitrogens with zero attached hydrogens (tertiary/aromatic N) is 1. The third-order valence-electron chi connectivity index (χ3n) is 3.02. The van der Waals surface area contributed by atoms with E-state index in [4.69, 9.17) is 43.2 Å². The smallest absolute Gasteiger partial charge is 0.366 e. The van der Waals surface area contributed by atoms with Gasteiger partial charge in [0.2, 0.25) is 0 Å². The van der Waals surface area contributed by atoms with E-state index in [2.05, 4.69) is 5.16 Å². The molecule has 2 aromatic rings. The van der Waals surface area contributed by atoms with Crippen molar-refractivity contribution in [2.45, 2.75) is 0 Å². The molecule has 0 aliphatic carbocycles. The van der Waals surface area contributed by atoms with E-state index in [1.807, 2.05) is 0 Å². The largest absolute Gasteiger partial charge is 0.497 e.